The molecule has 2 amide bonds. The fourth-order valence-electron chi connectivity index (χ4n) is 4.20. The zero-order valence-electron chi connectivity index (χ0n) is 18.3. The van der Waals surface area contributed by atoms with Gasteiger partial charge in [-0.15, -0.1) is 0 Å². The Bertz CT molecular complexity index is 718. The lowest BCUT2D eigenvalue weighted by Gasteiger charge is -2.34. The third-order valence-corrected chi connectivity index (χ3v) is 5.59. The molecule has 7 nitrogen and oxygen atoms in total. The number of rotatable bonds is 6. The number of amides is 2. The van der Waals surface area contributed by atoms with Gasteiger partial charge in [-0.2, -0.15) is 0 Å². The average Bonchev–Trinajstić information content (AvgIpc) is 3.36. The smallest absolute Gasteiger partial charge is 0.410 e. The van der Waals surface area contributed by atoms with E-state index >= 15 is 0 Å². The molecule has 1 aromatic rings. The van der Waals surface area contributed by atoms with Gasteiger partial charge in [0.2, 0.25) is 5.91 Å². The molecule has 3 atom stereocenters. The van der Waals surface area contributed by atoms with Gasteiger partial charge in [-0.1, -0.05) is 30.3 Å². The molecule has 2 aliphatic heterocycles. The first kappa shape index (κ1) is 22.6. The molecular formula is C23H34N2O5. The molecule has 1 aromatic carbocycles. The summed E-state index contributed by atoms with van der Waals surface area (Å²) in [6.07, 6.45) is 1.78. The predicted octanol–water partition coefficient (Wildman–Crippen LogP) is 2.95. The Kier molecular flexibility index (Phi) is 7.36. The van der Waals surface area contributed by atoms with E-state index in [-0.39, 0.29) is 18.6 Å². The van der Waals surface area contributed by atoms with E-state index in [1.54, 1.807) is 9.80 Å². The summed E-state index contributed by atoms with van der Waals surface area (Å²) in [5.41, 5.74) is 0.443. The van der Waals surface area contributed by atoms with Crippen LogP contribution in [0.15, 0.2) is 30.3 Å². The summed E-state index contributed by atoms with van der Waals surface area (Å²) >= 11 is 0. The van der Waals surface area contributed by atoms with Gasteiger partial charge in [-0.25, -0.2) is 4.79 Å². The zero-order chi connectivity index (χ0) is 21.7. The van der Waals surface area contributed by atoms with Crippen molar-refractivity contribution in [1.29, 1.82) is 0 Å². The fourth-order valence-corrected chi connectivity index (χ4v) is 4.20. The standard InChI is InChI=1S/C23H34N2O5/c1-23(2,3)30-22(28)25-14-8-12-19(25)21(27)24-13-7-11-18(24)20(26)16-29-15-17-9-5-4-6-10-17/h4-6,9-10,18-20,26H,7-8,11-16H2,1-3H3/t18-,19+,20?/m0/s1. The summed E-state index contributed by atoms with van der Waals surface area (Å²) in [5, 5.41) is 10.7. The summed E-state index contributed by atoms with van der Waals surface area (Å²) in [7, 11) is 0. The van der Waals surface area contributed by atoms with Crippen LogP contribution in [0.5, 0.6) is 0 Å². The number of benzene rings is 1. The molecule has 2 heterocycles. The first-order chi connectivity index (χ1) is 14.3. The minimum absolute atomic E-state index is 0.0945. The van der Waals surface area contributed by atoms with E-state index in [0.717, 1.165) is 24.8 Å². The SMILES string of the molecule is CC(C)(C)OC(=O)N1CCC[C@@H]1C(=O)N1CCC[C@H]1C(O)COCc1ccccc1. The molecule has 3 rings (SSSR count). The first-order valence-electron chi connectivity index (χ1n) is 10.9. The monoisotopic (exact) mass is 418 g/mol. The van der Waals surface area contributed by atoms with E-state index in [9.17, 15) is 14.7 Å². The molecule has 7 heteroatoms. The van der Waals surface area contributed by atoms with E-state index in [1.165, 1.54) is 0 Å². The maximum Gasteiger partial charge on any atom is 0.410 e. The molecular weight excluding hydrogens is 384 g/mol. The van der Waals surface area contributed by atoms with Gasteiger partial charge in [-0.05, 0) is 52.0 Å². The number of carbonyl (C=O) groups is 2. The van der Waals surface area contributed by atoms with Crippen molar-refractivity contribution in [3.63, 3.8) is 0 Å². The maximum absolute atomic E-state index is 13.3. The molecule has 0 saturated carbocycles. The molecule has 2 aliphatic rings. The van der Waals surface area contributed by atoms with Crippen molar-refractivity contribution >= 4 is 12.0 Å². The van der Waals surface area contributed by atoms with Crippen LogP contribution in [0.4, 0.5) is 4.79 Å². The highest BCUT2D eigenvalue weighted by Crippen LogP contribution is 2.27. The molecule has 0 aromatic heterocycles. The summed E-state index contributed by atoms with van der Waals surface area (Å²) in [4.78, 5) is 29.1. The van der Waals surface area contributed by atoms with Crippen LogP contribution < -0.4 is 0 Å². The van der Waals surface area contributed by atoms with Gasteiger partial charge in [0.25, 0.3) is 0 Å². The molecule has 1 unspecified atom stereocenters. The third-order valence-electron chi connectivity index (χ3n) is 5.59. The molecule has 0 bridgehead atoms. The Labute approximate surface area is 178 Å². The Morgan fingerprint density at radius 1 is 1.10 bits per heavy atom. The highest BCUT2D eigenvalue weighted by atomic mass is 16.6. The fraction of sp³-hybridized carbons (Fsp3) is 0.652. The molecule has 166 valence electrons. The number of hydrogen-bond acceptors (Lipinski definition) is 5. The predicted molar refractivity (Wildman–Crippen MR) is 113 cm³/mol. The van der Waals surface area contributed by atoms with Gasteiger partial charge < -0.3 is 19.5 Å². The van der Waals surface area contributed by atoms with Crippen molar-refractivity contribution in [1.82, 2.24) is 9.80 Å². The van der Waals surface area contributed by atoms with E-state index in [1.807, 2.05) is 51.1 Å². The number of aliphatic hydroxyl groups excluding tert-OH is 1. The number of ether oxygens (including phenoxy) is 2. The second-order valence-corrected chi connectivity index (χ2v) is 9.14. The number of aliphatic hydroxyl groups is 1. The molecule has 0 spiro atoms. The van der Waals surface area contributed by atoms with Crippen LogP contribution in [0.2, 0.25) is 0 Å². The Morgan fingerprint density at radius 2 is 1.77 bits per heavy atom. The maximum atomic E-state index is 13.3. The molecule has 0 radical (unpaired) electrons. The second kappa shape index (κ2) is 9.79. The summed E-state index contributed by atoms with van der Waals surface area (Å²) in [6, 6.07) is 9.00. The second-order valence-electron chi connectivity index (χ2n) is 9.14. The topological polar surface area (TPSA) is 79.3 Å². The van der Waals surface area contributed by atoms with Crippen LogP contribution in [-0.2, 0) is 20.9 Å². The number of likely N-dealkylation sites (tertiary alicyclic amines) is 2. The van der Waals surface area contributed by atoms with E-state index < -0.39 is 23.8 Å². The van der Waals surface area contributed by atoms with Crippen LogP contribution in [-0.4, -0.2) is 70.4 Å². The molecule has 30 heavy (non-hydrogen) atoms. The van der Waals surface area contributed by atoms with Gasteiger partial charge in [-0.3, -0.25) is 9.69 Å². The van der Waals surface area contributed by atoms with Gasteiger partial charge in [0, 0.05) is 13.1 Å². The molecule has 2 fully saturated rings. The minimum Gasteiger partial charge on any atom is -0.444 e. The van der Waals surface area contributed by atoms with Crippen LogP contribution in [0, 0.1) is 0 Å². The zero-order valence-corrected chi connectivity index (χ0v) is 18.3. The van der Waals surface area contributed by atoms with Crippen molar-refractivity contribution in [3.05, 3.63) is 35.9 Å². The van der Waals surface area contributed by atoms with Crippen molar-refractivity contribution in [2.75, 3.05) is 19.7 Å². The van der Waals surface area contributed by atoms with Crippen LogP contribution in [0.1, 0.15) is 52.0 Å². The van der Waals surface area contributed by atoms with Crippen LogP contribution in [0.25, 0.3) is 0 Å². The molecule has 1 N–H and O–H groups in total. The Balaban J connectivity index is 1.57. The lowest BCUT2D eigenvalue weighted by molar-refractivity contribution is -0.139. The lowest BCUT2D eigenvalue weighted by Crippen LogP contribution is -2.53. The van der Waals surface area contributed by atoms with E-state index in [0.29, 0.717) is 26.1 Å². The largest absolute Gasteiger partial charge is 0.444 e. The van der Waals surface area contributed by atoms with Crippen LogP contribution in [0.3, 0.4) is 0 Å². The minimum atomic E-state index is -0.753. The first-order valence-corrected chi connectivity index (χ1v) is 10.9. The third kappa shape index (κ3) is 5.73. The van der Waals surface area contributed by atoms with Crippen LogP contribution >= 0.6 is 0 Å². The van der Waals surface area contributed by atoms with Gasteiger partial charge in [0.05, 0.1) is 25.4 Å². The van der Waals surface area contributed by atoms with E-state index in [2.05, 4.69) is 0 Å². The van der Waals surface area contributed by atoms with Crippen molar-refractivity contribution in [3.8, 4) is 0 Å². The Hall–Kier alpha value is -2.12. The quantitative estimate of drug-likeness (QED) is 0.768. The highest BCUT2D eigenvalue weighted by molar-refractivity contribution is 5.86. The number of nitrogens with zero attached hydrogens (tertiary/aromatic N) is 2. The molecule has 2 saturated heterocycles. The van der Waals surface area contributed by atoms with Crippen molar-refractivity contribution < 1.29 is 24.2 Å². The van der Waals surface area contributed by atoms with Gasteiger partial charge >= 0.3 is 6.09 Å². The number of carbonyl (C=O) groups excluding carboxylic acids is 2. The summed E-state index contributed by atoms with van der Waals surface area (Å²) in [6.45, 7) is 7.17. The lowest BCUT2D eigenvalue weighted by atomic mass is 10.1. The van der Waals surface area contributed by atoms with Crippen molar-refractivity contribution in [2.45, 2.75) is 76.9 Å². The normalized spacial score (nSPS) is 22.9. The summed E-state index contributed by atoms with van der Waals surface area (Å²) < 4.78 is 11.2. The molecule has 0 aliphatic carbocycles. The number of hydrogen-bond donors (Lipinski definition) is 1. The van der Waals surface area contributed by atoms with E-state index in [4.69, 9.17) is 9.47 Å². The average molecular weight is 419 g/mol. The Morgan fingerprint density at radius 3 is 2.47 bits per heavy atom. The highest BCUT2D eigenvalue weighted by Gasteiger charge is 2.43. The summed E-state index contributed by atoms with van der Waals surface area (Å²) in [5.74, 6) is -0.0945. The van der Waals surface area contributed by atoms with Gasteiger partial charge in [0.1, 0.15) is 11.6 Å². The van der Waals surface area contributed by atoms with Crippen molar-refractivity contribution in [2.24, 2.45) is 0 Å². The van der Waals surface area contributed by atoms with Gasteiger partial charge in [0.15, 0.2) is 0 Å².